The molecule has 2 amide bonds. The number of amides is 2. The maximum absolute atomic E-state index is 13.4. The van der Waals surface area contributed by atoms with Crippen molar-refractivity contribution in [3.63, 3.8) is 0 Å². The number of benzene rings is 1. The summed E-state index contributed by atoms with van der Waals surface area (Å²) >= 11 is 0. The lowest BCUT2D eigenvalue weighted by molar-refractivity contribution is -0.123. The predicted molar refractivity (Wildman–Crippen MR) is 86.2 cm³/mol. The minimum absolute atomic E-state index is 0.0365. The smallest absolute Gasteiger partial charge is 0.410 e. The number of nitrogens with zero attached hydrogens (tertiary/aromatic N) is 1. The Morgan fingerprint density at radius 3 is 2.71 bits per heavy atom. The SMILES string of the molecule is CC(C)(C)OC(=O)N1CCC(NC(=O)COc2ccccc2F)C1. The molecule has 6 nitrogen and oxygen atoms in total. The minimum atomic E-state index is -0.550. The first kappa shape index (κ1) is 18.0. The van der Waals surface area contributed by atoms with Crippen LogP contribution >= 0.6 is 0 Å². The number of hydrogen-bond donors (Lipinski definition) is 1. The van der Waals surface area contributed by atoms with Crippen LogP contribution in [0.15, 0.2) is 24.3 Å². The molecule has 1 aliphatic heterocycles. The molecular weight excluding hydrogens is 315 g/mol. The summed E-state index contributed by atoms with van der Waals surface area (Å²) in [6, 6.07) is 5.75. The Kier molecular flexibility index (Phi) is 5.64. The highest BCUT2D eigenvalue weighted by Crippen LogP contribution is 2.16. The van der Waals surface area contributed by atoms with Crippen LogP contribution in [0.25, 0.3) is 0 Å². The van der Waals surface area contributed by atoms with Gasteiger partial charge in [0.15, 0.2) is 18.2 Å². The maximum atomic E-state index is 13.4. The van der Waals surface area contributed by atoms with Gasteiger partial charge in [0.2, 0.25) is 0 Å². The third-order valence-electron chi connectivity index (χ3n) is 3.40. The Morgan fingerprint density at radius 2 is 2.04 bits per heavy atom. The minimum Gasteiger partial charge on any atom is -0.481 e. The fourth-order valence-electron chi connectivity index (χ4n) is 2.34. The van der Waals surface area contributed by atoms with Gasteiger partial charge in [-0.2, -0.15) is 0 Å². The molecule has 0 bridgehead atoms. The topological polar surface area (TPSA) is 67.9 Å². The largest absolute Gasteiger partial charge is 0.481 e. The van der Waals surface area contributed by atoms with E-state index in [-0.39, 0.29) is 30.4 Å². The van der Waals surface area contributed by atoms with Gasteiger partial charge in [0, 0.05) is 19.1 Å². The zero-order chi connectivity index (χ0) is 17.7. The first-order valence-electron chi connectivity index (χ1n) is 7.89. The number of carbonyl (C=O) groups excluding carboxylic acids is 2. The summed E-state index contributed by atoms with van der Waals surface area (Å²) in [6.07, 6.45) is 0.256. The van der Waals surface area contributed by atoms with Crippen LogP contribution in [0.5, 0.6) is 5.75 Å². The van der Waals surface area contributed by atoms with E-state index in [9.17, 15) is 14.0 Å². The molecule has 1 aliphatic rings. The highest BCUT2D eigenvalue weighted by molar-refractivity contribution is 5.78. The Hall–Kier alpha value is -2.31. The Bertz CT molecular complexity index is 600. The van der Waals surface area contributed by atoms with E-state index in [2.05, 4.69) is 5.32 Å². The van der Waals surface area contributed by atoms with Gasteiger partial charge < -0.3 is 19.7 Å². The second-order valence-corrected chi connectivity index (χ2v) is 6.70. The van der Waals surface area contributed by atoms with Crippen molar-refractivity contribution in [2.75, 3.05) is 19.7 Å². The van der Waals surface area contributed by atoms with E-state index in [1.165, 1.54) is 12.1 Å². The van der Waals surface area contributed by atoms with Gasteiger partial charge in [-0.05, 0) is 39.3 Å². The van der Waals surface area contributed by atoms with Crippen LogP contribution in [0.4, 0.5) is 9.18 Å². The van der Waals surface area contributed by atoms with E-state index in [4.69, 9.17) is 9.47 Å². The summed E-state index contributed by atoms with van der Waals surface area (Å²) in [7, 11) is 0. The number of para-hydroxylation sites is 1. The average molecular weight is 338 g/mol. The number of likely N-dealkylation sites (tertiary alicyclic amines) is 1. The standard InChI is InChI=1S/C17H23FN2O4/c1-17(2,3)24-16(22)20-9-8-12(10-20)19-15(21)11-23-14-7-5-4-6-13(14)18/h4-7,12H,8-11H2,1-3H3,(H,19,21). The molecule has 1 unspecified atom stereocenters. The lowest BCUT2D eigenvalue weighted by Crippen LogP contribution is -2.41. The number of hydrogen-bond acceptors (Lipinski definition) is 4. The van der Waals surface area contributed by atoms with E-state index in [1.54, 1.807) is 37.8 Å². The van der Waals surface area contributed by atoms with E-state index < -0.39 is 11.4 Å². The Balaban J connectivity index is 1.75. The Morgan fingerprint density at radius 1 is 1.33 bits per heavy atom. The van der Waals surface area contributed by atoms with Gasteiger partial charge in [0.25, 0.3) is 5.91 Å². The van der Waals surface area contributed by atoms with Gasteiger partial charge in [-0.25, -0.2) is 9.18 Å². The van der Waals surface area contributed by atoms with E-state index >= 15 is 0 Å². The van der Waals surface area contributed by atoms with Crippen molar-refractivity contribution in [1.29, 1.82) is 0 Å². The molecule has 1 atom stereocenters. The van der Waals surface area contributed by atoms with Crippen LogP contribution in [0.3, 0.4) is 0 Å². The van der Waals surface area contributed by atoms with Crippen molar-refractivity contribution in [2.24, 2.45) is 0 Å². The molecule has 0 aliphatic carbocycles. The Labute approximate surface area is 140 Å². The van der Waals surface area contributed by atoms with Crippen LogP contribution in [0.1, 0.15) is 27.2 Å². The van der Waals surface area contributed by atoms with Crippen molar-refractivity contribution in [3.8, 4) is 5.75 Å². The molecule has 7 heteroatoms. The van der Waals surface area contributed by atoms with Gasteiger partial charge in [0.05, 0.1) is 0 Å². The van der Waals surface area contributed by atoms with Gasteiger partial charge in [-0.1, -0.05) is 12.1 Å². The molecule has 1 N–H and O–H groups in total. The third kappa shape index (κ3) is 5.40. The fraction of sp³-hybridized carbons (Fsp3) is 0.529. The summed E-state index contributed by atoms with van der Waals surface area (Å²) in [5.74, 6) is -0.828. The van der Waals surface area contributed by atoms with Crippen molar-refractivity contribution < 1.29 is 23.5 Å². The number of halogens is 1. The molecular formula is C17H23FN2O4. The van der Waals surface area contributed by atoms with Crippen LogP contribution in [0.2, 0.25) is 0 Å². The quantitative estimate of drug-likeness (QED) is 0.915. The molecule has 0 radical (unpaired) electrons. The summed E-state index contributed by atoms with van der Waals surface area (Å²) in [5, 5.41) is 2.78. The molecule has 0 saturated carbocycles. The van der Waals surface area contributed by atoms with E-state index in [0.29, 0.717) is 19.5 Å². The molecule has 1 saturated heterocycles. The number of ether oxygens (including phenoxy) is 2. The molecule has 1 aromatic rings. The van der Waals surface area contributed by atoms with Crippen LogP contribution in [0, 0.1) is 5.82 Å². The first-order valence-corrected chi connectivity index (χ1v) is 7.89. The molecule has 0 aromatic heterocycles. The highest BCUT2D eigenvalue weighted by atomic mass is 19.1. The molecule has 1 fully saturated rings. The zero-order valence-corrected chi connectivity index (χ0v) is 14.2. The lowest BCUT2D eigenvalue weighted by atomic mass is 10.2. The van der Waals surface area contributed by atoms with E-state index in [1.807, 2.05) is 0 Å². The van der Waals surface area contributed by atoms with Crippen LogP contribution in [-0.4, -0.2) is 48.2 Å². The second kappa shape index (κ2) is 7.51. The van der Waals surface area contributed by atoms with Crippen molar-refractivity contribution in [1.82, 2.24) is 10.2 Å². The number of nitrogens with one attached hydrogen (secondary N) is 1. The summed E-state index contributed by atoms with van der Waals surface area (Å²) in [4.78, 5) is 25.4. The second-order valence-electron chi connectivity index (χ2n) is 6.70. The van der Waals surface area contributed by atoms with Gasteiger partial charge in [-0.15, -0.1) is 0 Å². The van der Waals surface area contributed by atoms with Crippen molar-refractivity contribution in [3.05, 3.63) is 30.1 Å². The predicted octanol–water partition coefficient (Wildman–Crippen LogP) is 2.33. The van der Waals surface area contributed by atoms with Gasteiger partial charge in [0.1, 0.15) is 5.60 Å². The van der Waals surface area contributed by atoms with Gasteiger partial charge in [-0.3, -0.25) is 4.79 Å². The number of carbonyl (C=O) groups is 2. The lowest BCUT2D eigenvalue weighted by Gasteiger charge is -2.24. The van der Waals surface area contributed by atoms with Crippen LogP contribution in [-0.2, 0) is 9.53 Å². The molecule has 1 heterocycles. The molecule has 0 spiro atoms. The van der Waals surface area contributed by atoms with Crippen LogP contribution < -0.4 is 10.1 Å². The molecule has 1 aromatic carbocycles. The third-order valence-corrected chi connectivity index (χ3v) is 3.40. The average Bonchev–Trinajstić information content (AvgIpc) is 2.93. The summed E-state index contributed by atoms with van der Waals surface area (Å²) < 4.78 is 23.9. The monoisotopic (exact) mass is 338 g/mol. The molecule has 24 heavy (non-hydrogen) atoms. The highest BCUT2D eigenvalue weighted by Gasteiger charge is 2.30. The summed E-state index contributed by atoms with van der Waals surface area (Å²) in [6.45, 7) is 6.05. The normalized spacial score (nSPS) is 17.5. The summed E-state index contributed by atoms with van der Waals surface area (Å²) in [5.41, 5.74) is -0.550. The van der Waals surface area contributed by atoms with E-state index in [0.717, 1.165) is 0 Å². The molecule has 132 valence electrons. The number of rotatable bonds is 4. The van der Waals surface area contributed by atoms with Gasteiger partial charge >= 0.3 is 6.09 Å². The first-order chi connectivity index (χ1) is 11.2. The zero-order valence-electron chi connectivity index (χ0n) is 14.2. The van der Waals surface area contributed by atoms with Crippen molar-refractivity contribution in [2.45, 2.75) is 38.8 Å². The fourth-order valence-corrected chi connectivity index (χ4v) is 2.34. The maximum Gasteiger partial charge on any atom is 0.410 e. The van der Waals surface area contributed by atoms with Crippen molar-refractivity contribution >= 4 is 12.0 Å². The molecule has 2 rings (SSSR count).